The molecule has 3 rings (SSSR count). The minimum absolute atomic E-state index is 0.0391. The van der Waals surface area contributed by atoms with Gasteiger partial charge in [-0.3, -0.25) is 10.1 Å². The second kappa shape index (κ2) is 6.18. The molecule has 1 N–H and O–H groups in total. The average Bonchev–Trinajstić information content (AvgIpc) is 3.25. The molecule has 2 aromatic carbocycles. The highest BCUT2D eigenvalue weighted by Gasteiger charge is 2.41. The van der Waals surface area contributed by atoms with Crippen LogP contribution in [-0.4, -0.2) is 25.6 Å². The van der Waals surface area contributed by atoms with Crippen molar-refractivity contribution in [2.24, 2.45) is 0 Å². The lowest BCUT2D eigenvalue weighted by molar-refractivity contribution is -0.386. The first kappa shape index (κ1) is 16.9. The molecule has 2 atom stereocenters. The number of nitro groups is 1. The van der Waals surface area contributed by atoms with Crippen molar-refractivity contribution in [3.05, 3.63) is 62.6 Å². The van der Waals surface area contributed by atoms with Crippen molar-refractivity contribution in [3.63, 3.8) is 0 Å². The molecule has 2 unspecified atom stereocenters. The molecule has 0 heterocycles. The number of nitrogens with one attached hydrogen (secondary N) is 1. The molecule has 6 nitrogen and oxygen atoms in total. The smallest absolute Gasteiger partial charge is 0.310 e. The molecule has 0 bridgehead atoms. The van der Waals surface area contributed by atoms with E-state index in [0.717, 1.165) is 22.7 Å². The molecule has 1 aliphatic rings. The van der Waals surface area contributed by atoms with E-state index in [9.17, 15) is 18.5 Å². The summed E-state index contributed by atoms with van der Waals surface area (Å²) in [7, 11) is -3.68. The van der Waals surface area contributed by atoms with Crippen molar-refractivity contribution in [3.8, 4) is 0 Å². The number of sulfone groups is 1. The molecule has 1 saturated carbocycles. The molecule has 126 valence electrons. The van der Waals surface area contributed by atoms with Crippen molar-refractivity contribution >= 4 is 37.1 Å². The monoisotopic (exact) mass is 410 g/mol. The predicted molar refractivity (Wildman–Crippen MR) is 95.1 cm³/mol. The molecular formula is C16H15BrN2O4S. The maximum absolute atomic E-state index is 11.8. The Labute approximate surface area is 148 Å². The van der Waals surface area contributed by atoms with Gasteiger partial charge in [0.2, 0.25) is 0 Å². The zero-order valence-corrected chi connectivity index (χ0v) is 15.2. The number of hydrogen-bond donors (Lipinski definition) is 1. The van der Waals surface area contributed by atoms with Crippen LogP contribution in [0.2, 0.25) is 0 Å². The van der Waals surface area contributed by atoms with Gasteiger partial charge in [0.15, 0.2) is 9.84 Å². The van der Waals surface area contributed by atoms with Crippen molar-refractivity contribution in [1.29, 1.82) is 0 Å². The van der Waals surface area contributed by atoms with Crippen molar-refractivity contribution in [2.75, 3.05) is 11.6 Å². The number of rotatable bonds is 5. The van der Waals surface area contributed by atoms with Gasteiger partial charge in [-0.25, -0.2) is 8.42 Å². The lowest BCUT2D eigenvalue weighted by Gasteiger charge is -2.10. The minimum atomic E-state index is -3.68. The largest absolute Gasteiger partial charge is 0.376 e. The zero-order valence-electron chi connectivity index (χ0n) is 12.8. The fourth-order valence-electron chi connectivity index (χ4n) is 2.80. The maximum Gasteiger partial charge on any atom is 0.310 e. The Balaban J connectivity index is 1.90. The fraction of sp³-hybridized carbons (Fsp3) is 0.250. The first-order valence-corrected chi connectivity index (χ1v) is 9.96. The molecular weight excluding hydrogens is 396 g/mol. The summed E-state index contributed by atoms with van der Waals surface area (Å²) in [6.45, 7) is 0. The molecule has 0 aliphatic heterocycles. The van der Waals surface area contributed by atoms with Crippen LogP contribution in [0.5, 0.6) is 0 Å². The summed E-state index contributed by atoms with van der Waals surface area (Å²) in [6.07, 6.45) is 1.81. The Kier molecular flexibility index (Phi) is 4.35. The standard InChI is InChI=1S/C16H15BrN2O4S/c1-24(22,23)15-8-4-7-13(16(15)19(20)21)18-14-9-11(14)10-5-2-3-6-12(10)17/h2-8,11,14,18H,9H2,1H3. The van der Waals surface area contributed by atoms with Gasteiger partial charge in [0, 0.05) is 22.7 Å². The molecule has 0 radical (unpaired) electrons. The number of benzene rings is 2. The quantitative estimate of drug-likeness (QED) is 0.598. The van der Waals surface area contributed by atoms with E-state index in [-0.39, 0.29) is 22.5 Å². The third-order valence-electron chi connectivity index (χ3n) is 4.02. The van der Waals surface area contributed by atoms with Gasteiger partial charge in [-0.2, -0.15) is 0 Å². The molecule has 2 aromatic rings. The van der Waals surface area contributed by atoms with Gasteiger partial charge in [-0.05, 0) is 30.2 Å². The van der Waals surface area contributed by atoms with Gasteiger partial charge in [0.05, 0.1) is 4.92 Å². The lowest BCUT2D eigenvalue weighted by atomic mass is 10.1. The Morgan fingerprint density at radius 1 is 1.21 bits per heavy atom. The van der Waals surface area contributed by atoms with Gasteiger partial charge >= 0.3 is 5.69 Å². The van der Waals surface area contributed by atoms with Crippen LogP contribution in [0, 0.1) is 10.1 Å². The topological polar surface area (TPSA) is 89.3 Å². The number of anilines is 1. The van der Waals surface area contributed by atoms with Crippen LogP contribution in [0.3, 0.4) is 0 Å². The second-order valence-corrected chi connectivity index (χ2v) is 8.63. The number of hydrogen-bond acceptors (Lipinski definition) is 5. The van der Waals surface area contributed by atoms with Crippen LogP contribution in [0.4, 0.5) is 11.4 Å². The van der Waals surface area contributed by atoms with Crippen molar-refractivity contribution in [2.45, 2.75) is 23.3 Å². The highest BCUT2D eigenvalue weighted by molar-refractivity contribution is 9.10. The SMILES string of the molecule is CS(=O)(=O)c1cccc(NC2CC2c2ccccc2Br)c1[N+](=O)[O-]. The van der Waals surface area contributed by atoms with E-state index in [2.05, 4.69) is 21.2 Å². The Morgan fingerprint density at radius 3 is 2.54 bits per heavy atom. The van der Waals surface area contributed by atoms with E-state index < -0.39 is 20.4 Å². The van der Waals surface area contributed by atoms with Crippen LogP contribution >= 0.6 is 15.9 Å². The highest BCUT2D eigenvalue weighted by Crippen LogP contribution is 2.46. The molecule has 0 amide bonds. The third-order valence-corrected chi connectivity index (χ3v) is 5.87. The van der Waals surface area contributed by atoms with Gasteiger partial charge in [0.1, 0.15) is 10.6 Å². The minimum Gasteiger partial charge on any atom is -0.376 e. The van der Waals surface area contributed by atoms with Crippen LogP contribution < -0.4 is 5.32 Å². The molecule has 8 heteroatoms. The first-order valence-electron chi connectivity index (χ1n) is 7.27. The van der Waals surface area contributed by atoms with E-state index in [1.807, 2.05) is 24.3 Å². The Bertz CT molecular complexity index is 914. The number of para-hydroxylation sites is 1. The maximum atomic E-state index is 11.8. The Morgan fingerprint density at radius 2 is 1.92 bits per heavy atom. The summed E-state index contributed by atoms with van der Waals surface area (Å²) in [5, 5.41) is 14.5. The Hall–Kier alpha value is -1.93. The fourth-order valence-corrected chi connectivity index (χ4v) is 4.24. The highest BCUT2D eigenvalue weighted by atomic mass is 79.9. The summed E-state index contributed by atoms with van der Waals surface area (Å²) < 4.78 is 24.6. The van der Waals surface area contributed by atoms with Crippen LogP contribution in [0.25, 0.3) is 0 Å². The average molecular weight is 411 g/mol. The van der Waals surface area contributed by atoms with Gasteiger partial charge < -0.3 is 5.32 Å². The summed E-state index contributed by atoms with van der Waals surface area (Å²) in [5.74, 6) is 0.238. The van der Waals surface area contributed by atoms with Crippen LogP contribution in [0.1, 0.15) is 17.9 Å². The molecule has 1 fully saturated rings. The van der Waals surface area contributed by atoms with E-state index in [1.54, 1.807) is 6.07 Å². The van der Waals surface area contributed by atoms with Gasteiger partial charge in [-0.1, -0.05) is 40.2 Å². The normalized spacial score (nSPS) is 19.8. The summed E-state index contributed by atoms with van der Waals surface area (Å²) in [4.78, 5) is 10.5. The summed E-state index contributed by atoms with van der Waals surface area (Å²) in [5.41, 5.74) is 0.983. The first-order chi connectivity index (χ1) is 11.3. The molecule has 0 saturated heterocycles. The van der Waals surface area contributed by atoms with E-state index >= 15 is 0 Å². The number of nitrogens with zero attached hydrogens (tertiary/aromatic N) is 1. The van der Waals surface area contributed by atoms with Crippen molar-refractivity contribution < 1.29 is 13.3 Å². The number of halogens is 1. The van der Waals surface area contributed by atoms with E-state index in [0.29, 0.717) is 0 Å². The second-order valence-electron chi connectivity index (χ2n) is 5.80. The third kappa shape index (κ3) is 3.29. The molecule has 0 aromatic heterocycles. The summed E-state index contributed by atoms with van der Waals surface area (Å²) >= 11 is 3.51. The number of nitro benzene ring substituents is 1. The van der Waals surface area contributed by atoms with Gasteiger partial charge in [-0.15, -0.1) is 0 Å². The molecule has 24 heavy (non-hydrogen) atoms. The zero-order chi connectivity index (χ0) is 17.5. The van der Waals surface area contributed by atoms with E-state index in [4.69, 9.17) is 0 Å². The summed E-state index contributed by atoms with van der Waals surface area (Å²) in [6, 6.07) is 12.2. The van der Waals surface area contributed by atoms with Crippen LogP contribution in [-0.2, 0) is 9.84 Å². The van der Waals surface area contributed by atoms with Gasteiger partial charge in [0.25, 0.3) is 0 Å². The predicted octanol–water partition coefficient (Wildman–Crippen LogP) is 3.73. The molecule has 1 aliphatic carbocycles. The van der Waals surface area contributed by atoms with Crippen LogP contribution in [0.15, 0.2) is 51.8 Å². The molecule has 0 spiro atoms. The van der Waals surface area contributed by atoms with E-state index in [1.165, 1.54) is 12.1 Å². The van der Waals surface area contributed by atoms with Crippen molar-refractivity contribution in [1.82, 2.24) is 0 Å². The lowest BCUT2D eigenvalue weighted by Crippen LogP contribution is -2.10.